The molecular formula is C18H28Cl2FN3O2. The van der Waals surface area contributed by atoms with Crippen molar-refractivity contribution in [3.63, 3.8) is 0 Å². The van der Waals surface area contributed by atoms with Gasteiger partial charge in [-0.25, -0.2) is 4.39 Å². The number of anilines is 1. The third-order valence-electron chi connectivity index (χ3n) is 5.02. The molecule has 2 unspecified atom stereocenters. The van der Waals surface area contributed by atoms with E-state index < -0.39 is 6.04 Å². The van der Waals surface area contributed by atoms with E-state index in [1.807, 2.05) is 6.07 Å². The van der Waals surface area contributed by atoms with Crippen LogP contribution in [0.2, 0.25) is 0 Å². The number of nitrogens with zero attached hydrogens (tertiary/aromatic N) is 1. The summed E-state index contributed by atoms with van der Waals surface area (Å²) in [5.41, 5.74) is 7.01. The van der Waals surface area contributed by atoms with Gasteiger partial charge < -0.3 is 20.7 Å². The maximum Gasteiger partial charge on any atom is 0.237 e. The summed E-state index contributed by atoms with van der Waals surface area (Å²) < 4.78 is 18.7. The van der Waals surface area contributed by atoms with E-state index in [0.29, 0.717) is 19.8 Å². The van der Waals surface area contributed by atoms with Crippen molar-refractivity contribution in [2.75, 3.05) is 31.2 Å². The van der Waals surface area contributed by atoms with Crippen LogP contribution in [-0.2, 0) is 9.53 Å². The van der Waals surface area contributed by atoms with Crippen LogP contribution in [0.5, 0.6) is 0 Å². The average Bonchev–Trinajstić information content (AvgIpc) is 2.62. The number of hydrogen-bond donors (Lipinski definition) is 2. The molecule has 2 aliphatic heterocycles. The lowest BCUT2D eigenvalue weighted by molar-refractivity contribution is -0.125. The van der Waals surface area contributed by atoms with Crippen molar-refractivity contribution in [1.82, 2.24) is 5.32 Å². The van der Waals surface area contributed by atoms with Gasteiger partial charge in [-0.05, 0) is 49.8 Å². The predicted octanol–water partition coefficient (Wildman–Crippen LogP) is 2.51. The van der Waals surface area contributed by atoms with E-state index in [4.69, 9.17) is 10.5 Å². The van der Waals surface area contributed by atoms with Crippen LogP contribution in [0, 0.1) is 11.7 Å². The summed E-state index contributed by atoms with van der Waals surface area (Å²) in [6.07, 6.45) is 3.58. The smallest absolute Gasteiger partial charge is 0.237 e. The van der Waals surface area contributed by atoms with E-state index in [2.05, 4.69) is 10.2 Å². The summed E-state index contributed by atoms with van der Waals surface area (Å²) in [4.78, 5) is 14.6. The molecule has 1 aromatic carbocycles. The molecule has 8 heteroatoms. The summed E-state index contributed by atoms with van der Waals surface area (Å²) >= 11 is 0. The fraction of sp³-hybridized carbons (Fsp3) is 0.611. The number of nitrogens with one attached hydrogen (secondary N) is 1. The topological polar surface area (TPSA) is 67.6 Å². The van der Waals surface area contributed by atoms with Crippen molar-refractivity contribution in [2.24, 2.45) is 11.7 Å². The fourth-order valence-corrected chi connectivity index (χ4v) is 3.59. The van der Waals surface area contributed by atoms with Crippen molar-refractivity contribution in [3.8, 4) is 0 Å². The first kappa shape index (κ1) is 23.0. The number of nitrogens with two attached hydrogens (primary N) is 1. The molecule has 0 bridgehead atoms. The van der Waals surface area contributed by atoms with E-state index in [-0.39, 0.29) is 48.5 Å². The normalized spacial score (nSPS) is 21.9. The van der Waals surface area contributed by atoms with Gasteiger partial charge in [-0.15, -0.1) is 24.8 Å². The molecule has 0 aliphatic carbocycles. The highest BCUT2D eigenvalue weighted by Gasteiger charge is 2.29. The van der Waals surface area contributed by atoms with E-state index in [1.54, 1.807) is 6.07 Å². The predicted molar refractivity (Wildman–Crippen MR) is 106 cm³/mol. The lowest BCUT2D eigenvalue weighted by Gasteiger charge is -2.36. The second-order valence-electron chi connectivity index (χ2n) is 6.75. The van der Waals surface area contributed by atoms with E-state index in [1.165, 1.54) is 12.1 Å². The number of carbonyl (C=O) groups excluding carboxylic acids is 1. The number of benzene rings is 1. The molecule has 0 radical (unpaired) electrons. The number of rotatable bonds is 4. The Balaban J connectivity index is 0.00000169. The molecule has 1 amide bonds. The molecule has 0 spiro atoms. The van der Waals surface area contributed by atoms with Crippen molar-refractivity contribution < 1.29 is 13.9 Å². The first-order chi connectivity index (χ1) is 11.6. The van der Waals surface area contributed by atoms with Gasteiger partial charge in [0.1, 0.15) is 5.82 Å². The van der Waals surface area contributed by atoms with Crippen LogP contribution in [0.3, 0.4) is 0 Å². The molecule has 2 fully saturated rings. The molecule has 2 atom stereocenters. The van der Waals surface area contributed by atoms with Crippen LogP contribution in [0.1, 0.15) is 25.7 Å². The maximum atomic E-state index is 13.4. The number of ether oxygens (including phenoxy) is 1. The molecule has 2 saturated heterocycles. The zero-order chi connectivity index (χ0) is 16.9. The lowest BCUT2D eigenvalue weighted by atomic mass is 9.91. The minimum atomic E-state index is -0.474. The Bertz CT molecular complexity index is 573. The minimum absolute atomic E-state index is 0. The van der Waals surface area contributed by atoms with Crippen LogP contribution in [-0.4, -0.2) is 44.3 Å². The average molecular weight is 408 g/mol. The molecule has 1 aromatic rings. The Kier molecular flexibility index (Phi) is 9.64. The van der Waals surface area contributed by atoms with Gasteiger partial charge in [0.15, 0.2) is 0 Å². The highest BCUT2D eigenvalue weighted by Crippen LogP contribution is 2.22. The van der Waals surface area contributed by atoms with Gasteiger partial charge >= 0.3 is 0 Å². The first-order valence-electron chi connectivity index (χ1n) is 8.77. The molecule has 26 heavy (non-hydrogen) atoms. The largest absolute Gasteiger partial charge is 0.381 e. The summed E-state index contributed by atoms with van der Waals surface area (Å²) in [6, 6.07) is 6.19. The number of hydrogen-bond acceptors (Lipinski definition) is 4. The zero-order valence-electron chi connectivity index (χ0n) is 14.7. The van der Waals surface area contributed by atoms with Gasteiger partial charge in [0, 0.05) is 38.0 Å². The highest BCUT2D eigenvalue weighted by molar-refractivity contribution is 5.85. The Morgan fingerprint density at radius 3 is 2.69 bits per heavy atom. The first-order valence-corrected chi connectivity index (χ1v) is 8.77. The standard InChI is InChI=1S/C18H26FN3O2.2ClH/c19-14-3-1-5-16(11-14)22-8-2-4-15(12-22)21-18(23)17(20)13-6-9-24-10-7-13;;/h1,3,5,11,13,15,17H,2,4,6-10,12,20H2,(H,21,23);2*1H. The Morgan fingerprint density at radius 2 is 2.00 bits per heavy atom. The maximum absolute atomic E-state index is 13.4. The molecule has 3 rings (SSSR count). The van der Waals surface area contributed by atoms with Gasteiger partial charge in [0.2, 0.25) is 5.91 Å². The Morgan fingerprint density at radius 1 is 1.27 bits per heavy atom. The van der Waals surface area contributed by atoms with Crippen LogP contribution in [0.25, 0.3) is 0 Å². The van der Waals surface area contributed by atoms with Gasteiger partial charge in [0.25, 0.3) is 0 Å². The third-order valence-corrected chi connectivity index (χ3v) is 5.02. The quantitative estimate of drug-likeness (QED) is 0.804. The number of halogens is 3. The van der Waals surface area contributed by atoms with Crippen molar-refractivity contribution in [3.05, 3.63) is 30.1 Å². The van der Waals surface area contributed by atoms with Gasteiger partial charge in [0.05, 0.1) is 6.04 Å². The fourth-order valence-electron chi connectivity index (χ4n) is 3.59. The minimum Gasteiger partial charge on any atom is -0.381 e. The zero-order valence-corrected chi connectivity index (χ0v) is 16.4. The van der Waals surface area contributed by atoms with Gasteiger partial charge in [-0.3, -0.25) is 4.79 Å². The monoisotopic (exact) mass is 407 g/mol. The number of piperidine rings is 1. The second-order valence-corrected chi connectivity index (χ2v) is 6.75. The second kappa shape index (κ2) is 10.9. The Hall–Kier alpha value is -1.08. The summed E-state index contributed by atoms with van der Waals surface area (Å²) in [7, 11) is 0. The number of amides is 1. The molecule has 3 N–H and O–H groups in total. The molecule has 148 valence electrons. The van der Waals surface area contributed by atoms with Gasteiger partial charge in [-0.1, -0.05) is 6.07 Å². The van der Waals surface area contributed by atoms with Gasteiger partial charge in [-0.2, -0.15) is 0 Å². The Labute approximate surface area is 166 Å². The third kappa shape index (κ3) is 5.98. The van der Waals surface area contributed by atoms with E-state index >= 15 is 0 Å². The van der Waals surface area contributed by atoms with Crippen molar-refractivity contribution in [1.29, 1.82) is 0 Å². The number of carbonyl (C=O) groups is 1. The summed E-state index contributed by atoms with van der Waals surface area (Å²) in [5, 5.41) is 3.09. The lowest BCUT2D eigenvalue weighted by Crippen LogP contribution is -2.54. The summed E-state index contributed by atoms with van der Waals surface area (Å²) in [5.74, 6) is -0.116. The van der Waals surface area contributed by atoms with Crippen LogP contribution in [0.4, 0.5) is 10.1 Å². The summed E-state index contributed by atoms with van der Waals surface area (Å²) in [6.45, 7) is 2.93. The molecule has 2 heterocycles. The van der Waals surface area contributed by atoms with Crippen molar-refractivity contribution >= 4 is 36.4 Å². The van der Waals surface area contributed by atoms with Crippen LogP contribution in [0.15, 0.2) is 24.3 Å². The molecule has 2 aliphatic rings. The van der Waals surface area contributed by atoms with Crippen LogP contribution >= 0.6 is 24.8 Å². The molecule has 5 nitrogen and oxygen atoms in total. The SMILES string of the molecule is Cl.Cl.NC(C(=O)NC1CCCN(c2cccc(F)c2)C1)C1CCOCC1. The molecule has 0 saturated carbocycles. The highest BCUT2D eigenvalue weighted by atomic mass is 35.5. The van der Waals surface area contributed by atoms with E-state index in [9.17, 15) is 9.18 Å². The van der Waals surface area contributed by atoms with E-state index in [0.717, 1.165) is 37.9 Å². The molecule has 0 aromatic heterocycles. The van der Waals surface area contributed by atoms with Crippen LogP contribution < -0.4 is 16.0 Å². The van der Waals surface area contributed by atoms with Crippen molar-refractivity contribution in [2.45, 2.75) is 37.8 Å². The molecular weight excluding hydrogens is 380 g/mol.